The number of rotatable bonds is 9. The summed E-state index contributed by atoms with van der Waals surface area (Å²) in [5, 5.41) is 3.91. The van der Waals surface area contributed by atoms with Crippen molar-refractivity contribution in [2.75, 3.05) is 5.32 Å². The minimum Gasteiger partial charge on any atom is -0.467 e. The molecule has 1 amide bonds. The number of hydrogen-bond acceptors (Lipinski definition) is 5. The molecule has 4 rings (SSSR count). The molecule has 0 radical (unpaired) electrons. The number of aromatic nitrogens is 1. The van der Waals surface area contributed by atoms with Crippen molar-refractivity contribution < 1.29 is 18.4 Å². The van der Waals surface area contributed by atoms with Gasteiger partial charge in [0.25, 0.3) is 0 Å². The highest BCUT2D eigenvalue weighted by Crippen LogP contribution is 2.30. The molecule has 0 atom stereocenters. The third-order valence-corrected chi connectivity index (χ3v) is 5.17. The molecule has 4 aromatic rings. The number of benzene rings is 2. The van der Waals surface area contributed by atoms with Crippen LogP contribution >= 0.6 is 23.2 Å². The molecule has 0 unspecified atom stereocenters. The van der Waals surface area contributed by atoms with Crippen molar-refractivity contribution in [2.24, 2.45) is 0 Å². The van der Waals surface area contributed by atoms with Gasteiger partial charge in [0.2, 0.25) is 5.91 Å². The van der Waals surface area contributed by atoms with Gasteiger partial charge in [0.15, 0.2) is 11.7 Å². The number of nitrogens with one attached hydrogen (secondary N) is 1. The molecule has 1 N–H and O–H groups in total. The SMILES string of the molecule is O=C(CCc1ncc(-c2ccc(Cl)cc2Cl)o1)Nc1cccc(COCc2ccco2)c1. The lowest BCUT2D eigenvalue weighted by molar-refractivity contribution is -0.116. The lowest BCUT2D eigenvalue weighted by Crippen LogP contribution is -2.12. The number of hydrogen-bond donors (Lipinski definition) is 1. The Morgan fingerprint density at radius 3 is 2.78 bits per heavy atom. The number of furan rings is 1. The topological polar surface area (TPSA) is 77.5 Å². The summed E-state index contributed by atoms with van der Waals surface area (Å²) in [5.74, 6) is 1.62. The van der Waals surface area contributed by atoms with Gasteiger partial charge in [-0.15, -0.1) is 0 Å². The van der Waals surface area contributed by atoms with Crippen molar-refractivity contribution in [1.82, 2.24) is 4.98 Å². The predicted octanol–water partition coefficient (Wildman–Crippen LogP) is 6.53. The maximum absolute atomic E-state index is 12.4. The molecule has 0 fully saturated rings. The Morgan fingerprint density at radius 2 is 1.97 bits per heavy atom. The third kappa shape index (κ3) is 6.01. The van der Waals surface area contributed by atoms with Gasteiger partial charge in [-0.3, -0.25) is 4.79 Å². The second-order valence-electron chi connectivity index (χ2n) is 7.06. The van der Waals surface area contributed by atoms with Gasteiger partial charge in [-0.25, -0.2) is 4.98 Å². The van der Waals surface area contributed by atoms with Crippen LogP contribution in [-0.4, -0.2) is 10.9 Å². The van der Waals surface area contributed by atoms with E-state index in [1.54, 1.807) is 30.7 Å². The molecule has 32 heavy (non-hydrogen) atoms. The summed E-state index contributed by atoms with van der Waals surface area (Å²) in [5.41, 5.74) is 2.35. The average Bonchev–Trinajstić information content (AvgIpc) is 3.45. The van der Waals surface area contributed by atoms with Crippen molar-refractivity contribution in [3.8, 4) is 11.3 Å². The summed E-state index contributed by atoms with van der Waals surface area (Å²) in [6.45, 7) is 0.805. The van der Waals surface area contributed by atoms with E-state index in [2.05, 4.69) is 10.3 Å². The number of nitrogens with zero attached hydrogens (tertiary/aromatic N) is 1. The van der Waals surface area contributed by atoms with E-state index in [0.717, 1.165) is 11.3 Å². The first-order valence-electron chi connectivity index (χ1n) is 9.96. The van der Waals surface area contributed by atoms with Crippen LogP contribution < -0.4 is 5.32 Å². The smallest absolute Gasteiger partial charge is 0.224 e. The number of halogens is 2. The lowest BCUT2D eigenvalue weighted by atomic mass is 10.2. The Labute approximate surface area is 195 Å². The van der Waals surface area contributed by atoms with E-state index in [1.165, 1.54) is 0 Å². The molecule has 2 aromatic heterocycles. The summed E-state index contributed by atoms with van der Waals surface area (Å²) in [6.07, 6.45) is 3.80. The monoisotopic (exact) mass is 470 g/mol. The number of oxazole rings is 1. The van der Waals surface area contributed by atoms with Gasteiger partial charge in [0, 0.05) is 29.1 Å². The second kappa shape index (κ2) is 10.5. The minimum absolute atomic E-state index is 0.136. The zero-order valence-electron chi connectivity index (χ0n) is 17.0. The van der Waals surface area contributed by atoms with Crippen LogP contribution in [0.3, 0.4) is 0 Å². The maximum Gasteiger partial charge on any atom is 0.224 e. The van der Waals surface area contributed by atoms with E-state index >= 15 is 0 Å². The number of carbonyl (C=O) groups excluding carboxylic acids is 1. The molecule has 8 heteroatoms. The average molecular weight is 471 g/mol. The quantitative estimate of drug-likeness (QED) is 0.300. The predicted molar refractivity (Wildman–Crippen MR) is 123 cm³/mol. The molecule has 0 saturated carbocycles. The molecule has 2 heterocycles. The summed E-state index contributed by atoms with van der Waals surface area (Å²) in [6, 6.07) is 16.3. The minimum atomic E-state index is -0.136. The Bertz CT molecular complexity index is 1190. The molecular weight excluding hydrogens is 451 g/mol. The Hall–Kier alpha value is -3.06. The van der Waals surface area contributed by atoms with E-state index in [4.69, 9.17) is 36.8 Å². The van der Waals surface area contributed by atoms with Crippen LogP contribution in [0.4, 0.5) is 5.69 Å². The van der Waals surface area contributed by atoms with Crippen LogP contribution in [0.25, 0.3) is 11.3 Å². The zero-order chi connectivity index (χ0) is 22.3. The van der Waals surface area contributed by atoms with Crippen LogP contribution in [0.1, 0.15) is 23.6 Å². The van der Waals surface area contributed by atoms with Crippen molar-refractivity contribution >= 4 is 34.8 Å². The van der Waals surface area contributed by atoms with E-state index in [-0.39, 0.29) is 12.3 Å². The normalized spacial score (nSPS) is 10.9. The highest BCUT2D eigenvalue weighted by atomic mass is 35.5. The van der Waals surface area contributed by atoms with Gasteiger partial charge in [-0.2, -0.15) is 0 Å². The first-order chi connectivity index (χ1) is 15.6. The van der Waals surface area contributed by atoms with Crippen molar-refractivity contribution in [3.05, 3.63) is 94.3 Å². The van der Waals surface area contributed by atoms with Gasteiger partial charge in [0.1, 0.15) is 12.4 Å². The molecule has 0 aliphatic rings. The highest BCUT2D eigenvalue weighted by molar-refractivity contribution is 6.36. The molecule has 0 saturated heterocycles. The number of amides is 1. The fraction of sp³-hybridized carbons (Fsp3) is 0.167. The summed E-state index contributed by atoms with van der Waals surface area (Å²) in [7, 11) is 0. The van der Waals surface area contributed by atoms with Crippen LogP contribution in [0.15, 0.2) is 75.9 Å². The lowest BCUT2D eigenvalue weighted by Gasteiger charge is -2.07. The summed E-state index contributed by atoms with van der Waals surface area (Å²) >= 11 is 12.1. The molecule has 164 valence electrons. The van der Waals surface area contributed by atoms with E-state index in [9.17, 15) is 4.79 Å². The zero-order valence-corrected chi connectivity index (χ0v) is 18.5. The first kappa shape index (κ1) is 22.1. The molecular formula is C24H20Cl2N2O4. The number of carbonyl (C=O) groups is 1. The van der Waals surface area contributed by atoms with Crippen molar-refractivity contribution in [2.45, 2.75) is 26.1 Å². The standard InChI is InChI=1S/C24H20Cl2N2O4/c25-17-6-7-20(21(26)12-17)22-13-27-24(32-22)9-8-23(29)28-18-4-1-3-16(11-18)14-30-15-19-5-2-10-31-19/h1-7,10-13H,8-9,14-15H2,(H,28,29). The van der Waals surface area contributed by atoms with E-state index in [0.29, 0.717) is 52.6 Å². The van der Waals surface area contributed by atoms with Crippen molar-refractivity contribution in [1.29, 1.82) is 0 Å². The van der Waals surface area contributed by atoms with Gasteiger partial charge >= 0.3 is 0 Å². The summed E-state index contributed by atoms with van der Waals surface area (Å²) < 4.78 is 16.6. The van der Waals surface area contributed by atoms with Gasteiger partial charge in [0.05, 0.1) is 24.1 Å². The number of ether oxygens (including phenoxy) is 1. The maximum atomic E-state index is 12.4. The Kier molecular flexibility index (Phi) is 7.27. The Morgan fingerprint density at radius 1 is 1.06 bits per heavy atom. The molecule has 0 aliphatic heterocycles. The fourth-order valence-electron chi connectivity index (χ4n) is 3.09. The molecule has 0 bridgehead atoms. The van der Waals surface area contributed by atoms with E-state index < -0.39 is 0 Å². The van der Waals surface area contributed by atoms with Gasteiger partial charge in [-0.05, 0) is 48.0 Å². The van der Waals surface area contributed by atoms with Gasteiger partial charge < -0.3 is 18.9 Å². The highest BCUT2D eigenvalue weighted by Gasteiger charge is 2.12. The second-order valence-corrected chi connectivity index (χ2v) is 7.91. The van der Waals surface area contributed by atoms with Crippen LogP contribution in [-0.2, 0) is 29.2 Å². The first-order valence-corrected chi connectivity index (χ1v) is 10.7. The van der Waals surface area contributed by atoms with E-state index in [1.807, 2.05) is 36.4 Å². The number of aryl methyl sites for hydroxylation is 1. The van der Waals surface area contributed by atoms with Gasteiger partial charge in [-0.1, -0.05) is 35.3 Å². The largest absolute Gasteiger partial charge is 0.467 e. The van der Waals surface area contributed by atoms with Crippen molar-refractivity contribution in [3.63, 3.8) is 0 Å². The van der Waals surface area contributed by atoms with Crippen LogP contribution in [0.5, 0.6) is 0 Å². The molecule has 6 nitrogen and oxygen atoms in total. The summed E-state index contributed by atoms with van der Waals surface area (Å²) in [4.78, 5) is 16.6. The Balaban J connectivity index is 1.27. The molecule has 0 spiro atoms. The van der Waals surface area contributed by atoms with Crippen LogP contribution in [0, 0.1) is 0 Å². The molecule has 2 aromatic carbocycles. The fourth-order valence-corrected chi connectivity index (χ4v) is 3.59. The van der Waals surface area contributed by atoms with Crippen LogP contribution in [0.2, 0.25) is 10.0 Å². The third-order valence-electron chi connectivity index (χ3n) is 4.62. The number of anilines is 1. The molecule has 0 aliphatic carbocycles.